The molecule has 0 aliphatic rings. The minimum absolute atomic E-state index is 0.0578. The summed E-state index contributed by atoms with van der Waals surface area (Å²) in [5.74, 6) is 0. The van der Waals surface area contributed by atoms with Gasteiger partial charge < -0.3 is 5.73 Å². The Hall–Kier alpha value is -2.21. The van der Waals surface area contributed by atoms with Crippen molar-refractivity contribution in [3.8, 4) is 0 Å². The maximum atomic E-state index is 13.0. The molecule has 152 valence electrons. The van der Waals surface area contributed by atoms with E-state index in [9.17, 15) is 31.7 Å². The number of nitrogens with two attached hydrogens (primary N) is 1. The van der Waals surface area contributed by atoms with Crippen molar-refractivity contribution in [1.82, 2.24) is 4.31 Å². The van der Waals surface area contributed by atoms with Crippen LogP contribution in [0.4, 0.5) is 18.9 Å². The van der Waals surface area contributed by atoms with Crippen LogP contribution >= 0.6 is 11.6 Å². The molecule has 28 heavy (non-hydrogen) atoms. The average Bonchev–Trinajstić information content (AvgIpc) is 2.60. The van der Waals surface area contributed by atoms with Gasteiger partial charge in [0, 0.05) is 31.8 Å². The molecule has 0 saturated carbocycles. The van der Waals surface area contributed by atoms with Crippen molar-refractivity contribution in [3.05, 3.63) is 68.7 Å². The van der Waals surface area contributed by atoms with Crippen molar-refractivity contribution in [1.29, 1.82) is 0 Å². The standard InChI is InChI=1S/C16H15ClF3N3O4S/c1-22(28(26,27)12-5-3-11(4-6-12)23(24)25)9-15(21)10-2-7-14(17)13(8-10)16(18,19)20/h2-8,15H,9,21H2,1H3. The molecule has 7 nitrogen and oxygen atoms in total. The highest BCUT2D eigenvalue weighted by Crippen LogP contribution is 2.36. The van der Waals surface area contributed by atoms with Crippen LogP contribution in [0.5, 0.6) is 0 Å². The second kappa shape index (κ2) is 8.03. The number of hydrogen-bond donors (Lipinski definition) is 1. The van der Waals surface area contributed by atoms with Gasteiger partial charge in [0.05, 0.1) is 20.4 Å². The number of likely N-dealkylation sites (N-methyl/N-ethyl adjacent to an activating group) is 1. The molecule has 2 aromatic carbocycles. The zero-order valence-corrected chi connectivity index (χ0v) is 15.9. The summed E-state index contributed by atoms with van der Waals surface area (Å²) in [6.07, 6.45) is -4.68. The van der Waals surface area contributed by atoms with Gasteiger partial charge in [-0.2, -0.15) is 17.5 Å². The second-order valence-electron chi connectivity index (χ2n) is 5.88. The molecular formula is C16H15ClF3N3O4S. The molecule has 0 heterocycles. The molecule has 2 N–H and O–H groups in total. The van der Waals surface area contributed by atoms with E-state index >= 15 is 0 Å². The molecule has 0 amide bonds. The van der Waals surface area contributed by atoms with E-state index in [0.29, 0.717) is 0 Å². The third-order valence-electron chi connectivity index (χ3n) is 3.93. The molecule has 0 radical (unpaired) electrons. The van der Waals surface area contributed by atoms with Gasteiger partial charge in [0.25, 0.3) is 5.69 Å². The molecular weight excluding hydrogens is 423 g/mol. The molecule has 0 fully saturated rings. The number of nitrogens with zero attached hydrogens (tertiary/aromatic N) is 2. The van der Waals surface area contributed by atoms with Crippen LogP contribution in [-0.2, 0) is 16.2 Å². The first kappa shape index (κ1) is 22.1. The predicted molar refractivity (Wildman–Crippen MR) is 96.3 cm³/mol. The molecule has 0 bridgehead atoms. The van der Waals surface area contributed by atoms with E-state index in [1.54, 1.807) is 0 Å². The maximum absolute atomic E-state index is 13.0. The molecule has 2 rings (SSSR count). The van der Waals surface area contributed by atoms with Gasteiger partial charge in [0.15, 0.2) is 0 Å². The first-order valence-electron chi connectivity index (χ1n) is 7.67. The Bertz CT molecular complexity index is 982. The number of benzene rings is 2. The zero-order valence-electron chi connectivity index (χ0n) is 14.4. The molecule has 1 atom stereocenters. The van der Waals surface area contributed by atoms with Crippen LogP contribution in [0.3, 0.4) is 0 Å². The summed E-state index contributed by atoms with van der Waals surface area (Å²) >= 11 is 5.56. The van der Waals surface area contributed by atoms with Gasteiger partial charge in [-0.3, -0.25) is 10.1 Å². The molecule has 0 aliphatic heterocycles. The fourth-order valence-corrected chi connectivity index (χ4v) is 3.81. The normalized spacial score (nSPS) is 13.5. The van der Waals surface area contributed by atoms with E-state index in [0.717, 1.165) is 40.7 Å². The Kier molecular flexibility index (Phi) is 6.34. The number of sulfonamides is 1. The van der Waals surface area contributed by atoms with Crippen LogP contribution in [0.15, 0.2) is 47.4 Å². The van der Waals surface area contributed by atoms with Gasteiger partial charge in [-0.05, 0) is 29.8 Å². The highest BCUT2D eigenvalue weighted by Gasteiger charge is 2.34. The average molecular weight is 438 g/mol. The quantitative estimate of drug-likeness (QED) is 0.549. The summed E-state index contributed by atoms with van der Waals surface area (Å²) in [6, 6.07) is 6.26. The number of non-ortho nitro benzene ring substituents is 1. The van der Waals surface area contributed by atoms with E-state index < -0.39 is 37.8 Å². The minimum Gasteiger partial charge on any atom is -0.323 e. The summed E-state index contributed by atoms with van der Waals surface area (Å²) in [6.45, 7) is -0.321. The fraction of sp³-hybridized carbons (Fsp3) is 0.250. The van der Waals surface area contributed by atoms with Crippen molar-refractivity contribution in [3.63, 3.8) is 0 Å². The van der Waals surface area contributed by atoms with Gasteiger partial charge in [0.1, 0.15) is 0 Å². The number of hydrogen-bond acceptors (Lipinski definition) is 5. The Labute approximate surface area is 163 Å². The Balaban J connectivity index is 2.23. The van der Waals surface area contributed by atoms with E-state index in [2.05, 4.69) is 0 Å². The highest BCUT2D eigenvalue weighted by atomic mass is 35.5. The van der Waals surface area contributed by atoms with Crippen molar-refractivity contribution in [2.75, 3.05) is 13.6 Å². The summed E-state index contributed by atoms with van der Waals surface area (Å²) in [4.78, 5) is 9.78. The first-order valence-corrected chi connectivity index (χ1v) is 9.49. The van der Waals surface area contributed by atoms with Gasteiger partial charge in [0.2, 0.25) is 10.0 Å². The van der Waals surface area contributed by atoms with Gasteiger partial charge in [-0.15, -0.1) is 0 Å². The van der Waals surface area contributed by atoms with Crippen molar-refractivity contribution < 1.29 is 26.5 Å². The van der Waals surface area contributed by atoms with Gasteiger partial charge in [-0.1, -0.05) is 17.7 Å². The predicted octanol–water partition coefficient (Wildman–Crippen LogP) is 3.59. The number of halogens is 4. The Morgan fingerprint density at radius 2 is 1.79 bits per heavy atom. The third-order valence-corrected chi connectivity index (χ3v) is 6.10. The molecule has 0 aliphatic carbocycles. The Morgan fingerprint density at radius 1 is 1.21 bits per heavy atom. The fourth-order valence-electron chi connectivity index (χ4n) is 2.39. The molecule has 0 aromatic heterocycles. The monoisotopic (exact) mass is 437 g/mol. The van der Waals surface area contributed by atoms with Crippen molar-refractivity contribution in [2.24, 2.45) is 5.73 Å². The summed E-state index contributed by atoms with van der Waals surface area (Å²) in [7, 11) is -2.84. The lowest BCUT2D eigenvalue weighted by Crippen LogP contribution is -2.34. The molecule has 2 aromatic rings. The summed E-state index contributed by atoms with van der Waals surface area (Å²) in [5.41, 5.74) is 4.60. The van der Waals surface area contributed by atoms with Crippen molar-refractivity contribution >= 4 is 27.3 Å². The lowest BCUT2D eigenvalue weighted by Gasteiger charge is -2.22. The van der Waals surface area contributed by atoms with Crippen LogP contribution in [0.1, 0.15) is 17.2 Å². The number of nitro groups is 1. The van der Waals surface area contributed by atoms with Crippen LogP contribution in [0, 0.1) is 10.1 Å². The molecule has 0 saturated heterocycles. The van der Waals surface area contributed by atoms with Crippen LogP contribution in [-0.4, -0.2) is 31.2 Å². The van der Waals surface area contributed by atoms with E-state index in [1.165, 1.54) is 13.1 Å². The SMILES string of the molecule is CN(CC(N)c1ccc(Cl)c(C(F)(F)F)c1)S(=O)(=O)c1ccc([N+](=O)[O-])cc1. The maximum Gasteiger partial charge on any atom is 0.417 e. The summed E-state index contributed by atoms with van der Waals surface area (Å²) < 4.78 is 64.9. The van der Waals surface area contributed by atoms with E-state index in [1.807, 2.05) is 0 Å². The zero-order chi connectivity index (χ0) is 21.3. The molecule has 12 heteroatoms. The van der Waals surface area contributed by atoms with Crippen LogP contribution in [0.2, 0.25) is 5.02 Å². The first-order chi connectivity index (χ1) is 12.8. The number of rotatable bonds is 6. The number of alkyl halides is 3. The van der Waals surface area contributed by atoms with Crippen LogP contribution in [0.25, 0.3) is 0 Å². The second-order valence-corrected chi connectivity index (χ2v) is 8.33. The highest BCUT2D eigenvalue weighted by molar-refractivity contribution is 7.89. The minimum atomic E-state index is -4.68. The van der Waals surface area contributed by atoms with Gasteiger partial charge in [-0.25, -0.2) is 8.42 Å². The topological polar surface area (TPSA) is 107 Å². The summed E-state index contributed by atoms with van der Waals surface area (Å²) in [5, 5.41) is 10.2. The largest absolute Gasteiger partial charge is 0.417 e. The van der Waals surface area contributed by atoms with Crippen molar-refractivity contribution in [2.45, 2.75) is 17.1 Å². The molecule has 0 spiro atoms. The Morgan fingerprint density at radius 3 is 2.29 bits per heavy atom. The third kappa shape index (κ3) is 4.79. The van der Waals surface area contributed by atoms with Crippen LogP contribution < -0.4 is 5.73 Å². The van der Waals surface area contributed by atoms with E-state index in [4.69, 9.17) is 17.3 Å². The lowest BCUT2D eigenvalue weighted by atomic mass is 10.0. The molecule has 1 unspecified atom stereocenters. The van der Waals surface area contributed by atoms with Gasteiger partial charge >= 0.3 is 6.18 Å². The lowest BCUT2D eigenvalue weighted by molar-refractivity contribution is -0.384. The smallest absolute Gasteiger partial charge is 0.323 e. The number of nitro benzene ring substituents is 1. The van der Waals surface area contributed by atoms with E-state index in [-0.39, 0.29) is 22.7 Å².